The first-order valence-electron chi connectivity index (χ1n) is 6.69. The summed E-state index contributed by atoms with van der Waals surface area (Å²) >= 11 is 0. The average Bonchev–Trinajstić information content (AvgIpc) is 2.29. The van der Waals surface area contributed by atoms with Gasteiger partial charge in [0.2, 0.25) is 0 Å². The maximum Gasteiger partial charge on any atom is 0.484 e. The highest BCUT2D eigenvalue weighted by molar-refractivity contribution is 6.36. The Labute approximate surface area is 102 Å². The number of rotatable bonds is 12. The summed E-state index contributed by atoms with van der Waals surface area (Å²) < 4.78 is 17.0. The minimum Gasteiger partial charge on any atom is -0.376 e. The Balaban J connectivity index is 3.58. The predicted molar refractivity (Wildman–Crippen MR) is 69.7 cm³/mol. The van der Waals surface area contributed by atoms with E-state index in [-0.39, 0.29) is 0 Å². The molecule has 98 valence electrons. The monoisotopic (exact) mass is 248 g/mol. The first-order chi connectivity index (χ1) is 7.85. The molecule has 0 bridgehead atoms. The lowest BCUT2D eigenvalue weighted by Crippen LogP contribution is -2.28. The second kappa shape index (κ2) is 13.2. The van der Waals surface area contributed by atoms with Crippen LogP contribution in [0.5, 0.6) is 0 Å². The molecule has 0 aromatic heterocycles. The van der Waals surface area contributed by atoms with Gasteiger partial charge in [0.05, 0.1) is 0 Å². The molecule has 0 saturated carbocycles. The van der Waals surface area contributed by atoms with Crippen LogP contribution in [-0.2, 0) is 13.3 Å². The van der Waals surface area contributed by atoms with Gasteiger partial charge < -0.3 is 13.3 Å². The molecule has 0 aromatic rings. The van der Waals surface area contributed by atoms with Gasteiger partial charge in [0.15, 0.2) is 0 Å². The lowest BCUT2D eigenvalue weighted by Gasteiger charge is -2.16. The van der Waals surface area contributed by atoms with Gasteiger partial charge >= 0.3 is 9.53 Å². The van der Waals surface area contributed by atoms with Crippen molar-refractivity contribution in [2.45, 2.75) is 59.3 Å². The van der Waals surface area contributed by atoms with E-state index in [0.29, 0.717) is 0 Å². The van der Waals surface area contributed by atoms with Crippen LogP contribution < -0.4 is 0 Å². The second-order valence-corrected chi connectivity index (χ2v) is 5.54. The topological polar surface area (TPSA) is 27.7 Å². The molecule has 0 spiro atoms. The SMILES string of the molecule is CCCCO[SiH](OCCCC)OCCCC. The molecule has 16 heavy (non-hydrogen) atoms. The van der Waals surface area contributed by atoms with Crippen LogP contribution in [0.15, 0.2) is 0 Å². The highest BCUT2D eigenvalue weighted by Crippen LogP contribution is 2.00. The van der Waals surface area contributed by atoms with Gasteiger partial charge in [-0.15, -0.1) is 0 Å². The molecule has 0 aliphatic heterocycles. The Morgan fingerprint density at radius 3 is 1.19 bits per heavy atom. The van der Waals surface area contributed by atoms with E-state index in [4.69, 9.17) is 13.3 Å². The Hall–Kier alpha value is 0.0969. The van der Waals surface area contributed by atoms with Gasteiger partial charge in [-0.1, -0.05) is 40.0 Å². The standard InChI is InChI=1S/C12H28O3Si/c1-4-7-10-13-16(14-11-8-5-2)15-12-9-6-3/h16H,4-12H2,1-3H3. The summed E-state index contributed by atoms with van der Waals surface area (Å²) in [6.45, 7) is 8.84. The maximum absolute atomic E-state index is 5.67. The van der Waals surface area contributed by atoms with Crippen molar-refractivity contribution in [3.63, 3.8) is 0 Å². The van der Waals surface area contributed by atoms with E-state index < -0.39 is 9.53 Å². The van der Waals surface area contributed by atoms with E-state index in [0.717, 1.165) is 58.3 Å². The third-order valence-electron chi connectivity index (χ3n) is 2.26. The van der Waals surface area contributed by atoms with E-state index in [1.165, 1.54) is 0 Å². The fraction of sp³-hybridized carbons (Fsp3) is 1.00. The molecule has 3 nitrogen and oxygen atoms in total. The zero-order valence-corrected chi connectivity index (χ0v) is 12.3. The van der Waals surface area contributed by atoms with Crippen LogP contribution in [0.25, 0.3) is 0 Å². The molecule has 0 amide bonds. The molecular formula is C12H28O3Si. The van der Waals surface area contributed by atoms with Crippen LogP contribution in [0.4, 0.5) is 0 Å². The van der Waals surface area contributed by atoms with Crippen molar-refractivity contribution in [3.8, 4) is 0 Å². The molecule has 0 atom stereocenters. The van der Waals surface area contributed by atoms with E-state index in [2.05, 4.69) is 20.8 Å². The number of hydrogen-bond acceptors (Lipinski definition) is 3. The highest BCUT2D eigenvalue weighted by Gasteiger charge is 2.14. The first-order valence-corrected chi connectivity index (χ1v) is 8.11. The van der Waals surface area contributed by atoms with Crippen molar-refractivity contribution < 1.29 is 13.3 Å². The number of hydrogen-bond donors (Lipinski definition) is 0. The van der Waals surface area contributed by atoms with Gasteiger partial charge in [0.1, 0.15) is 0 Å². The van der Waals surface area contributed by atoms with Gasteiger partial charge in [0.25, 0.3) is 0 Å². The lowest BCUT2D eigenvalue weighted by atomic mass is 10.4. The lowest BCUT2D eigenvalue weighted by molar-refractivity contribution is 0.0899. The first kappa shape index (κ1) is 16.1. The predicted octanol–water partition coefficient (Wildman–Crippen LogP) is 3.15. The fourth-order valence-electron chi connectivity index (χ4n) is 1.12. The summed E-state index contributed by atoms with van der Waals surface area (Å²) in [7, 11) is -1.83. The normalized spacial score (nSPS) is 11.2. The van der Waals surface area contributed by atoms with Crippen molar-refractivity contribution in [3.05, 3.63) is 0 Å². The summed E-state index contributed by atoms with van der Waals surface area (Å²) in [5.74, 6) is 0. The van der Waals surface area contributed by atoms with Crippen LogP contribution in [0.2, 0.25) is 0 Å². The molecule has 4 heteroatoms. The summed E-state index contributed by atoms with van der Waals surface area (Å²) in [5, 5.41) is 0. The van der Waals surface area contributed by atoms with E-state index in [9.17, 15) is 0 Å². The van der Waals surface area contributed by atoms with Crippen molar-refractivity contribution in [1.29, 1.82) is 0 Å². The Bertz CT molecular complexity index is 110. The molecule has 0 heterocycles. The molecule has 0 fully saturated rings. The van der Waals surface area contributed by atoms with E-state index >= 15 is 0 Å². The van der Waals surface area contributed by atoms with Gasteiger partial charge in [-0.05, 0) is 19.3 Å². The molecule has 0 N–H and O–H groups in total. The van der Waals surface area contributed by atoms with E-state index in [1.54, 1.807) is 0 Å². The number of unbranched alkanes of at least 4 members (excludes halogenated alkanes) is 3. The van der Waals surface area contributed by atoms with Crippen LogP contribution in [0, 0.1) is 0 Å². The summed E-state index contributed by atoms with van der Waals surface area (Å²) in [5.41, 5.74) is 0. The molecular weight excluding hydrogens is 220 g/mol. The van der Waals surface area contributed by atoms with Crippen molar-refractivity contribution in [2.75, 3.05) is 19.8 Å². The molecule has 0 saturated heterocycles. The zero-order valence-electron chi connectivity index (χ0n) is 11.2. The average molecular weight is 248 g/mol. The van der Waals surface area contributed by atoms with Gasteiger partial charge in [0, 0.05) is 19.8 Å². The van der Waals surface area contributed by atoms with Crippen molar-refractivity contribution in [1.82, 2.24) is 0 Å². The maximum atomic E-state index is 5.67. The van der Waals surface area contributed by atoms with Crippen LogP contribution in [-0.4, -0.2) is 29.3 Å². The molecule has 0 unspecified atom stereocenters. The summed E-state index contributed by atoms with van der Waals surface area (Å²) in [4.78, 5) is 0. The molecule has 0 aliphatic rings. The largest absolute Gasteiger partial charge is 0.484 e. The summed E-state index contributed by atoms with van der Waals surface area (Å²) in [6.07, 6.45) is 6.76. The fourth-order valence-corrected chi connectivity index (χ4v) is 2.48. The van der Waals surface area contributed by atoms with Crippen LogP contribution in [0.3, 0.4) is 0 Å². The molecule has 0 aromatic carbocycles. The minimum absolute atomic E-state index is 0.783. The van der Waals surface area contributed by atoms with Crippen molar-refractivity contribution in [2.24, 2.45) is 0 Å². The summed E-state index contributed by atoms with van der Waals surface area (Å²) in [6, 6.07) is 0. The van der Waals surface area contributed by atoms with Crippen LogP contribution >= 0.6 is 0 Å². The zero-order chi connectivity index (χ0) is 12.1. The smallest absolute Gasteiger partial charge is 0.376 e. The quantitative estimate of drug-likeness (QED) is 0.392. The Morgan fingerprint density at radius 1 is 0.625 bits per heavy atom. The molecule has 0 aliphatic carbocycles. The highest BCUT2D eigenvalue weighted by atomic mass is 28.3. The minimum atomic E-state index is -1.83. The van der Waals surface area contributed by atoms with E-state index in [1.807, 2.05) is 0 Å². The molecule has 0 rings (SSSR count). The Kier molecular flexibility index (Phi) is 13.2. The van der Waals surface area contributed by atoms with Gasteiger partial charge in [-0.3, -0.25) is 0 Å². The third-order valence-corrected chi connectivity index (χ3v) is 3.78. The second-order valence-electron chi connectivity index (χ2n) is 3.96. The Morgan fingerprint density at radius 2 is 0.938 bits per heavy atom. The van der Waals surface area contributed by atoms with Gasteiger partial charge in [-0.2, -0.15) is 0 Å². The molecule has 0 radical (unpaired) electrons. The van der Waals surface area contributed by atoms with Gasteiger partial charge in [-0.25, -0.2) is 0 Å². The van der Waals surface area contributed by atoms with Crippen molar-refractivity contribution >= 4 is 9.53 Å². The third kappa shape index (κ3) is 10.6. The van der Waals surface area contributed by atoms with Crippen LogP contribution in [0.1, 0.15) is 59.3 Å².